The van der Waals surface area contributed by atoms with Crippen molar-refractivity contribution < 1.29 is 4.79 Å². The minimum atomic E-state index is 0.0305. The van der Waals surface area contributed by atoms with Crippen LogP contribution in [0.4, 0.5) is 5.82 Å². The van der Waals surface area contributed by atoms with E-state index in [-0.39, 0.29) is 12.2 Å². The van der Waals surface area contributed by atoms with Crippen LogP contribution in [-0.2, 0) is 4.79 Å². The number of hydrogen-bond acceptors (Lipinski definition) is 6. The van der Waals surface area contributed by atoms with E-state index in [4.69, 9.17) is 5.26 Å². The average Bonchev–Trinajstić information content (AvgIpc) is 3.08. The fraction of sp³-hybridized carbons (Fsp3) is 0.529. The quantitative estimate of drug-likeness (QED) is 0.876. The molecule has 1 atom stereocenters. The van der Waals surface area contributed by atoms with E-state index in [2.05, 4.69) is 25.0 Å². The van der Waals surface area contributed by atoms with Crippen LogP contribution in [0.15, 0.2) is 18.6 Å². The van der Waals surface area contributed by atoms with Gasteiger partial charge in [-0.15, -0.1) is 0 Å². The molecular formula is C17H22N6O. The largest absolute Gasteiger partial charge is 0.346 e. The second kappa shape index (κ2) is 7.41. The molecule has 2 aromatic rings. The highest BCUT2D eigenvalue weighted by Gasteiger charge is 2.24. The molecule has 0 bridgehead atoms. The number of aromatic nitrogens is 3. The maximum Gasteiger partial charge on any atom is 0.155 e. The minimum absolute atomic E-state index is 0.0305. The third kappa shape index (κ3) is 3.54. The lowest BCUT2D eigenvalue weighted by atomic mass is 9.93. The van der Waals surface area contributed by atoms with E-state index in [1.807, 2.05) is 25.4 Å². The van der Waals surface area contributed by atoms with Crippen molar-refractivity contribution in [1.29, 1.82) is 5.26 Å². The molecular weight excluding hydrogens is 304 g/mol. The summed E-state index contributed by atoms with van der Waals surface area (Å²) in [7, 11) is 2.03. The van der Waals surface area contributed by atoms with E-state index < -0.39 is 0 Å². The fourth-order valence-corrected chi connectivity index (χ4v) is 3.34. The third-order valence-electron chi connectivity index (χ3n) is 4.67. The van der Waals surface area contributed by atoms with Crippen molar-refractivity contribution >= 4 is 22.6 Å². The second-order valence-electron chi connectivity index (χ2n) is 6.29. The zero-order valence-corrected chi connectivity index (χ0v) is 13.9. The molecule has 1 aliphatic rings. The number of hydrogen-bond donors (Lipinski definition) is 1. The van der Waals surface area contributed by atoms with E-state index >= 15 is 0 Å². The molecule has 1 N–H and O–H groups in total. The summed E-state index contributed by atoms with van der Waals surface area (Å²) in [6.07, 6.45) is 7.07. The summed E-state index contributed by atoms with van der Waals surface area (Å²) in [5.74, 6) is 1.42. The number of nitrogens with one attached hydrogen (secondary N) is 1. The highest BCUT2D eigenvalue weighted by atomic mass is 16.1. The molecule has 1 saturated heterocycles. The molecule has 24 heavy (non-hydrogen) atoms. The highest BCUT2D eigenvalue weighted by molar-refractivity contribution is 5.86. The molecule has 126 valence electrons. The van der Waals surface area contributed by atoms with Crippen molar-refractivity contribution in [3.05, 3.63) is 18.6 Å². The second-order valence-corrected chi connectivity index (χ2v) is 6.29. The lowest BCUT2D eigenvalue weighted by molar-refractivity contribution is -0.118. The van der Waals surface area contributed by atoms with Gasteiger partial charge in [-0.3, -0.25) is 9.80 Å². The first-order valence-electron chi connectivity index (χ1n) is 8.34. The first kappa shape index (κ1) is 16.4. The van der Waals surface area contributed by atoms with E-state index in [0.717, 1.165) is 49.2 Å². The number of anilines is 1. The number of H-pyrrole nitrogens is 1. The van der Waals surface area contributed by atoms with Crippen LogP contribution in [0.2, 0.25) is 0 Å². The normalized spacial score (nSPS) is 18.4. The van der Waals surface area contributed by atoms with Crippen molar-refractivity contribution in [2.75, 3.05) is 25.1 Å². The van der Waals surface area contributed by atoms with Gasteiger partial charge in [-0.25, -0.2) is 15.0 Å². The van der Waals surface area contributed by atoms with Crippen LogP contribution >= 0.6 is 0 Å². The third-order valence-corrected chi connectivity index (χ3v) is 4.67. The number of fused-ring (bicyclic) bond motifs is 1. The first-order chi connectivity index (χ1) is 11.7. The Balaban J connectivity index is 1.65. The zero-order valence-electron chi connectivity index (χ0n) is 13.9. The summed E-state index contributed by atoms with van der Waals surface area (Å²) in [5.41, 5.74) is 0.836. The van der Waals surface area contributed by atoms with Crippen molar-refractivity contribution in [3.8, 4) is 6.07 Å². The number of carbonyl (C=O) groups excluding carboxylic acids is 1. The SMILES string of the molecule is CN(c1ncnc2[nH]ccc12)N1CCCC(CCC(=O)CC#N)C1. The molecule has 7 nitrogen and oxygen atoms in total. The standard InChI is InChI=1S/C17H22N6O/c1-22(17-15-7-9-19-16(15)20-12-21-17)23-10-2-3-13(11-23)4-5-14(24)6-8-18/h7,9,12-13H,2-6,10-11H2,1H3,(H,19,20,21). The number of aromatic amines is 1. The van der Waals surface area contributed by atoms with Crippen LogP contribution in [0.25, 0.3) is 11.0 Å². The van der Waals surface area contributed by atoms with Crippen molar-refractivity contribution in [2.45, 2.75) is 32.1 Å². The molecule has 1 aliphatic heterocycles. The summed E-state index contributed by atoms with van der Waals surface area (Å²) in [4.78, 5) is 23.4. The van der Waals surface area contributed by atoms with Crippen molar-refractivity contribution in [1.82, 2.24) is 20.0 Å². The molecule has 1 unspecified atom stereocenters. The Hall–Kier alpha value is -2.46. The van der Waals surface area contributed by atoms with Crippen LogP contribution in [0.3, 0.4) is 0 Å². The van der Waals surface area contributed by atoms with Gasteiger partial charge in [0.25, 0.3) is 0 Å². The molecule has 0 spiro atoms. The molecule has 1 fully saturated rings. The smallest absolute Gasteiger partial charge is 0.155 e. The number of nitrogens with zero attached hydrogens (tertiary/aromatic N) is 5. The summed E-state index contributed by atoms with van der Waals surface area (Å²) in [5, 5.41) is 14.0. The fourth-order valence-electron chi connectivity index (χ4n) is 3.34. The summed E-state index contributed by atoms with van der Waals surface area (Å²) in [6.45, 7) is 1.89. The Bertz CT molecular complexity index is 749. The Kier molecular flexibility index (Phi) is 5.06. The molecule has 3 rings (SSSR count). The van der Waals surface area contributed by atoms with Crippen LogP contribution in [-0.4, -0.2) is 45.9 Å². The van der Waals surface area contributed by atoms with Gasteiger partial charge in [0.15, 0.2) is 5.82 Å². The molecule has 0 amide bonds. The molecule has 2 aromatic heterocycles. The average molecular weight is 326 g/mol. The lowest BCUT2D eigenvalue weighted by Gasteiger charge is -2.39. The molecule has 3 heterocycles. The molecule has 0 saturated carbocycles. The molecule has 0 radical (unpaired) electrons. The number of piperidine rings is 1. The maximum absolute atomic E-state index is 11.6. The van der Waals surface area contributed by atoms with Crippen LogP contribution in [0, 0.1) is 17.2 Å². The van der Waals surface area contributed by atoms with E-state index in [9.17, 15) is 4.79 Å². The monoisotopic (exact) mass is 326 g/mol. The van der Waals surface area contributed by atoms with Gasteiger partial charge in [0.2, 0.25) is 0 Å². The predicted octanol–water partition coefficient (Wildman–Crippen LogP) is 2.28. The van der Waals surface area contributed by atoms with E-state index in [0.29, 0.717) is 12.3 Å². The Morgan fingerprint density at radius 3 is 3.25 bits per heavy atom. The number of hydrazine groups is 1. The van der Waals surface area contributed by atoms with Crippen LogP contribution in [0.1, 0.15) is 32.1 Å². The summed E-state index contributed by atoms with van der Waals surface area (Å²) < 4.78 is 0. The Morgan fingerprint density at radius 1 is 1.54 bits per heavy atom. The van der Waals surface area contributed by atoms with Crippen LogP contribution < -0.4 is 5.01 Å². The van der Waals surface area contributed by atoms with Gasteiger partial charge < -0.3 is 4.98 Å². The minimum Gasteiger partial charge on any atom is -0.346 e. The highest BCUT2D eigenvalue weighted by Crippen LogP contribution is 2.27. The van der Waals surface area contributed by atoms with Gasteiger partial charge in [0, 0.05) is 32.8 Å². The van der Waals surface area contributed by atoms with Gasteiger partial charge in [-0.05, 0) is 31.2 Å². The molecule has 0 aliphatic carbocycles. The van der Waals surface area contributed by atoms with Gasteiger partial charge in [-0.1, -0.05) is 0 Å². The number of Topliss-reactive ketones (excluding diaryl/α,β-unsaturated/α-hetero) is 1. The lowest BCUT2D eigenvalue weighted by Crippen LogP contribution is -2.46. The van der Waals surface area contributed by atoms with E-state index in [1.165, 1.54) is 0 Å². The Labute approximate surface area is 141 Å². The summed E-state index contributed by atoms with van der Waals surface area (Å²) >= 11 is 0. The summed E-state index contributed by atoms with van der Waals surface area (Å²) in [6, 6.07) is 3.92. The maximum atomic E-state index is 11.6. The Morgan fingerprint density at radius 2 is 2.42 bits per heavy atom. The number of rotatable bonds is 6. The van der Waals surface area contributed by atoms with E-state index in [1.54, 1.807) is 6.33 Å². The van der Waals surface area contributed by atoms with Gasteiger partial charge >= 0.3 is 0 Å². The molecule has 7 heteroatoms. The zero-order chi connectivity index (χ0) is 16.9. The van der Waals surface area contributed by atoms with Gasteiger partial charge in [0.05, 0.1) is 17.9 Å². The number of carbonyl (C=O) groups is 1. The number of ketones is 1. The number of nitriles is 1. The predicted molar refractivity (Wildman–Crippen MR) is 91.1 cm³/mol. The first-order valence-corrected chi connectivity index (χ1v) is 8.34. The van der Waals surface area contributed by atoms with Gasteiger partial charge in [0.1, 0.15) is 17.8 Å². The van der Waals surface area contributed by atoms with Gasteiger partial charge in [-0.2, -0.15) is 5.26 Å². The van der Waals surface area contributed by atoms with Crippen molar-refractivity contribution in [3.63, 3.8) is 0 Å². The molecule has 0 aromatic carbocycles. The van der Waals surface area contributed by atoms with Crippen LogP contribution in [0.5, 0.6) is 0 Å². The van der Waals surface area contributed by atoms with Crippen molar-refractivity contribution in [2.24, 2.45) is 5.92 Å². The topological polar surface area (TPSA) is 88.9 Å².